The number of benzene rings is 1. The second kappa shape index (κ2) is 7.15. The smallest absolute Gasteiger partial charge is 0.251 e. The van der Waals surface area contributed by atoms with Gasteiger partial charge in [-0.15, -0.1) is 10.2 Å². The maximum atomic E-state index is 12.0. The summed E-state index contributed by atoms with van der Waals surface area (Å²) in [5.74, 6) is 0.793. The van der Waals surface area contributed by atoms with Crippen molar-refractivity contribution in [2.24, 2.45) is 0 Å². The van der Waals surface area contributed by atoms with Crippen LogP contribution in [0.1, 0.15) is 16.2 Å². The molecule has 3 aromatic rings. The summed E-state index contributed by atoms with van der Waals surface area (Å²) in [6.07, 6.45) is 3.80. The highest BCUT2D eigenvalue weighted by molar-refractivity contribution is 9.10. The molecule has 6 nitrogen and oxygen atoms in total. The minimum atomic E-state index is -0.133. The maximum Gasteiger partial charge on any atom is 0.251 e. The fourth-order valence-electron chi connectivity index (χ4n) is 1.95. The molecule has 116 valence electrons. The molecule has 0 aliphatic rings. The van der Waals surface area contributed by atoms with E-state index in [1.807, 2.05) is 12.1 Å². The van der Waals surface area contributed by atoms with Crippen LogP contribution in [0.2, 0.25) is 0 Å². The largest absolute Gasteiger partial charge is 0.421 e. The quantitative estimate of drug-likeness (QED) is 0.744. The molecule has 3 rings (SSSR count). The number of carbonyl (C=O) groups is 1. The molecule has 0 unspecified atom stereocenters. The van der Waals surface area contributed by atoms with Crippen molar-refractivity contribution in [1.82, 2.24) is 20.5 Å². The Balaban J connectivity index is 1.54. The SMILES string of the molecule is O=C(NCCc1nnc(-c2ccncc2)o1)c1ccc(Br)cc1. The predicted molar refractivity (Wildman–Crippen MR) is 87.7 cm³/mol. The summed E-state index contributed by atoms with van der Waals surface area (Å²) >= 11 is 3.34. The van der Waals surface area contributed by atoms with Crippen molar-refractivity contribution in [1.29, 1.82) is 0 Å². The minimum absolute atomic E-state index is 0.133. The molecule has 0 fully saturated rings. The Morgan fingerprint density at radius 3 is 2.57 bits per heavy atom. The third-order valence-electron chi connectivity index (χ3n) is 3.12. The van der Waals surface area contributed by atoms with Crippen LogP contribution in [0, 0.1) is 0 Å². The van der Waals surface area contributed by atoms with Gasteiger partial charge in [-0.2, -0.15) is 0 Å². The van der Waals surface area contributed by atoms with Crippen LogP contribution < -0.4 is 5.32 Å². The average molecular weight is 373 g/mol. The van der Waals surface area contributed by atoms with E-state index in [0.717, 1.165) is 10.0 Å². The lowest BCUT2D eigenvalue weighted by Crippen LogP contribution is -2.25. The van der Waals surface area contributed by atoms with E-state index < -0.39 is 0 Å². The number of nitrogens with one attached hydrogen (secondary N) is 1. The lowest BCUT2D eigenvalue weighted by atomic mass is 10.2. The van der Waals surface area contributed by atoms with Gasteiger partial charge < -0.3 is 9.73 Å². The van der Waals surface area contributed by atoms with Gasteiger partial charge in [0, 0.05) is 41.0 Å². The van der Waals surface area contributed by atoms with E-state index in [0.29, 0.717) is 30.3 Å². The van der Waals surface area contributed by atoms with E-state index in [4.69, 9.17) is 4.42 Å². The van der Waals surface area contributed by atoms with Crippen LogP contribution in [0.4, 0.5) is 0 Å². The normalized spacial score (nSPS) is 10.5. The Bertz CT molecular complexity index is 787. The van der Waals surface area contributed by atoms with E-state index in [1.165, 1.54) is 0 Å². The molecule has 1 N–H and O–H groups in total. The predicted octanol–water partition coefficient (Wildman–Crippen LogP) is 2.87. The molecule has 23 heavy (non-hydrogen) atoms. The van der Waals surface area contributed by atoms with Crippen LogP contribution >= 0.6 is 15.9 Å². The van der Waals surface area contributed by atoms with Crippen LogP contribution in [-0.4, -0.2) is 27.6 Å². The molecular weight excluding hydrogens is 360 g/mol. The van der Waals surface area contributed by atoms with Crippen LogP contribution in [0.25, 0.3) is 11.5 Å². The summed E-state index contributed by atoms with van der Waals surface area (Å²) in [4.78, 5) is 15.9. The standard InChI is InChI=1S/C16H13BrN4O2/c17-13-3-1-11(2-4-13)15(22)19-10-7-14-20-21-16(23-14)12-5-8-18-9-6-12/h1-6,8-9H,7,10H2,(H,19,22). The first kappa shape index (κ1) is 15.4. The maximum absolute atomic E-state index is 12.0. The topological polar surface area (TPSA) is 80.9 Å². The van der Waals surface area contributed by atoms with E-state index in [9.17, 15) is 4.79 Å². The number of carbonyl (C=O) groups excluding carboxylic acids is 1. The van der Waals surface area contributed by atoms with Crippen LogP contribution in [0.3, 0.4) is 0 Å². The summed E-state index contributed by atoms with van der Waals surface area (Å²) in [6, 6.07) is 10.8. The zero-order valence-electron chi connectivity index (χ0n) is 12.1. The highest BCUT2D eigenvalue weighted by atomic mass is 79.9. The Hall–Kier alpha value is -2.54. The van der Waals surface area contributed by atoms with Gasteiger partial charge in [-0.25, -0.2) is 0 Å². The number of halogens is 1. The van der Waals surface area contributed by atoms with Crippen molar-refractivity contribution in [3.8, 4) is 11.5 Å². The molecule has 0 bridgehead atoms. The van der Waals surface area contributed by atoms with Gasteiger partial charge in [0.25, 0.3) is 5.91 Å². The zero-order chi connectivity index (χ0) is 16.1. The first-order valence-corrected chi connectivity index (χ1v) is 7.78. The van der Waals surface area contributed by atoms with Gasteiger partial charge in [-0.3, -0.25) is 9.78 Å². The average Bonchev–Trinajstić information content (AvgIpc) is 3.05. The van der Waals surface area contributed by atoms with E-state index in [1.54, 1.807) is 36.7 Å². The number of pyridine rings is 1. The first-order valence-electron chi connectivity index (χ1n) is 6.99. The third kappa shape index (κ3) is 4.01. The van der Waals surface area contributed by atoms with Gasteiger partial charge in [0.1, 0.15) is 0 Å². The molecule has 0 atom stereocenters. The first-order chi connectivity index (χ1) is 11.2. The second-order valence-electron chi connectivity index (χ2n) is 4.75. The Labute approximate surface area is 141 Å². The fraction of sp³-hybridized carbons (Fsp3) is 0.125. The Morgan fingerprint density at radius 1 is 1.09 bits per heavy atom. The monoisotopic (exact) mass is 372 g/mol. The number of nitrogens with zero attached hydrogens (tertiary/aromatic N) is 3. The lowest BCUT2D eigenvalue weighted by Gasteiger charge is -2.03. The van der Waals surface area contributed by atoms with Crippen molar-refractivity contribution in [2.75, 3.05) is 6.54 Å². The van der Waals surface area contributed by atoms with Crippen LogP contribution in [0.15, 0.2) is 57.7 Å². The van der Waals surface area contributed by atoms with Crippen LogP contribution in [0.5, 0.6) is 0 Å². The summed E-state index contributed by atoms with van der Waals surface area (Å²) in [7, 11) is 0. The molecule has 0 saturated heterocycles. The van der Waals surface area contributed by atoms with Crippen molar-refractivity contribution in [3.05, 3.63) is 64.7 Å². The van der Waals surface area contributed by atoms with Crippen molar-refractivity contribution < 1.29 is 9.21 Å². The molecule has 0 aliphatic heterocycles. The highest BCUT2D eigenvalue weighted by Gasteiger charge is 2.09. The molecule has 0 saturated carbocycles. The molecule has 7 heteroatoms. The van der Waals surface area contributed by atoms with E-state index >= 15 is 0 Å². The summed E-state index contributed by atoms with van der Waals surface area (Å²) in [6.45, 7) is 0.423. The van der Waals surface area contributed by atoms with Crippen molar-refractivity contribution in [3.63, 3.8) is 0 Å². The highest BCUT2D eigenvalue weighted by Crippen LogP contribution is 2.16. The fourth-order valence-corrected chi connectivity index (χ4v) is 2.22. The minimum Gasteiger partial charge on any atom is -0.421 e. The van der Waals surface area contributed by atoms with Crippen molar-refractivity contribution in [2.45, 2.75) is 6.42 Å². The molecule has 1 amide bonds. The zero-order valence-corrected chi connectivity index (χ0v) is 13.7. The van der Waals surface area contributed by atoms with Gasteiger partial charge in [0.15, 0.2) is 0 Å². The number of hydrogen-bond acceptors (Lipinski definition) is 5. The number of rotatable bonds is 5. The molecule has 1 aromatic carbocycles. The lowest BCUT2D eigenvalue weighted by molar-refractivity contribution is 0.0953. The van der Waals surface area contributed by atoms with Gasteiger partial charge in [-0.05, 0) is 36.4 Å². The molecule has 0 radical (unpaired) electrons. The molecule has 0 aliphatic carbocycles. The Kier molecular flexibility index (Phi) is 4.77. The van der Waals surface area contributed by atoms with E-state index in [2.05, 4.69) is 36.4 Å². The third-order valence-corrected chi connectivity index (χ3v) is 3.65. The Morgan fingerprint density at radius 2 is 1.83 bits per heavy atom. The summed E-state index contributed by atoms with van der Waals surface area (Å²) in [5, 5.41) is 10.8. The molecule has 0 spiro atoms. The number of aromatic nitrogens is 3. The molecule has 2 heterocycles. The summed E-state index contributed by atoms with van der Waals surface area (Å²) in [5.41, 5.74) is 1.42. The van der Waals surface area contributed by atoms with E-state index in [-0.39, 0.29) is 5.91 Å². The van der Waals surface area contributed by atoms with Gasteiger partial charge in [0.05, 0.1) is 0 Å². The van der Waals surface area contributed by atoms with Crippen molar-refractivity contribution >= 4 is 21.8 Å². The number of hydrogen-bond donors (Lipinski definition) is 1. The molecular formula is C16H13BrN4O2. The molecule has 2 aromatic heterocycles. The number of amides is 1. The second-order valence-corrected chi connectivity index (χ2v) is 5.67. The van der Waals surface area contributed by atoms with Crippen LogP contribution in [-0.2, 0) is 6.42 Å². The van der Waals surface area contributed by atoms with Gasteiger partial charge in [-0.1, -0.05) is 15.9 Å². The van der Waals surface area contributed by atoms with Gasteiger partial charge in [0.2, 0.25) is 11.8 Å². The van der Waals surface area contributed by atoms with Gasteiger partial charge >= 0.3 is 0 Å². The summed E-state index contributed by atoms with van der Waals surface area (Å²) < 4.78 is 6.50.